The molecule has 0 radical (unpaired) electrons. The second-order valence-corrected chi connectivity index (χ2v) is 8.37. The van der Waals surface area contributed by atoms with Crippen LogP contribution in [-0.2, 0) is 4.79 Å². The highest BCUT2D eigenvalue weighted by molar-refractivity contribution is 6.33. The van der Waals surface area contributed by atoms with Gasteiger partial charge in [0.15, 0.2) is 0 Å². The van der Waals surface area contributed by atoms with Crippen molar-refractivity contribution in [3.05, 3.63) is 34.6 Å². The van der Waals surface area contributed by atoms with Crippen LogP contribution >= 0.6 is 11.6 Å². The van der Waals surface area contributed by atoms with Crippen molar-refractivity contribution in [1.29, 1.82) is 0 Å². The minimum atomic E-state index is -0.911. The Morgan fingerprint density at radius 1 is 1.27 bits per heavy atom. The summed E-state index contributed by atoms with van der Waals surface area (Å²) >= 11 is 6.01. The number of amides is 1. The molecule has 0 aromatic heterocycles. The van der Waals surface area contributed by atoms with Crippen molar-refractivity contribution in [3.8, 4) is 0 Å². The molecular formula is C19H22ClFN2O3. The number of nitrogens with zero attached hydrogens (tertiary/aromatic N) is 2. The van der Waals surface area contributed by atoms with Crippen LogP contribution in [0.4, 0.5) is 4.39 Å². The van der Waals surface area contributed by atoms with Gasteiger partial charge in [-0.1, -0.05) is 18.0 Å². The molecule has 2 saturated heterocycles. The average molecular weight is 381 g/mol. The van der Waals surface area contributed by atoms with Crippen LogP contribution in [0.25, 0.3) is 0 Å². The van der Waals surface area contributed by atoms with Crippen LogP contribution in [0.1, 0.15) is 29.6 Å². The van der Waals surface area contributed by atoms with E-state index in [9.17, 15) is 19.1 Å². The predicted octanol–water partition coefficient (Wildman–Crippen LogP) is 2.74. The van der Waals surface area contributed by atoms with Crippen LogP contribution in [0, 0.1) is 23.1 Å². The Morgan fingerprint density at radius 2 is 2.04 bits per heavy atom. The third-order valence-corrected chi connectivity index (χ3v) is 6.61. The number of carbonyl (C=O) groups excluding carboxylic acids is 1. The zero-order chi connectivity index (χ0) is 18.5. The molecule has 4 rings (SSSR count). The smallest absolute Gasteiger partial charge is 0.313 e. The third kappa shape index (κ3) is 2.89. The molecule has 1 N–H and O–H groups in total. The van der Waals surface area contributed by atoms with Crippen molar-refractivity contribution in [3.63, 3.8) is 0 Å². The SMILES string of the molecule is O=C(c1ccc(F)cc1Cl)N1C[C@H]2CN(CC3CCC3)C[C@@]2(C(=O)O)C1. The van der Waals surface area contributed by atoms with Gasteiger partial charge in [-0.05, 0) is 37.0 Å². The maximum absolute atomic E-state index is 13.2. The van der Waals surface area contributed by atoms with Crippen LogP contribution in [0.2, 0.25) is 5.02 Å². The highest BCUT2D eigenvalue weighted by Gasteiger charge is 2.58. The summed E-state index contributed by atoms with van der Waals surface area (Å²) in [5.41, 5.74) is -0.689. The van der Waals surface area contributed by atoms with E-state index in [1.54, 1.807) is 4.90 Å². The zero-order valence-electron chi connectivity index (χ0n) is 14.5. The topological polar surface area (TPSA) is 60.9 Å². The summed E-state index contributed by atoms with van der Waals surface area (Å²) in [6, 6.07) is 3.67. The fourth-order valence-electron chi connectivity index (χ4n) is 4.64. The normalized spacial score (nSPS) is 28.8. The molecule has 0 bridgehead atoms. The number of carboxylic acids is 1. The van der Waals surface area contributed by atoms with Gasteiger partial charge in [0.2, 0.25) is 0 Å². The van der Waals surface area contributed by atoms with E-state index in [1.165, 1.54) is 31.4 Å². The second-order valence-electron chi connectivity index (χ2n) is 7.96. The third-order valence-electron chi connectivity index (χ3n) is 6.30. The lowest BCUT2D eigenvalue weighted by molar-refractivity contribution is -0.148. The highest BCUT2D eigenvalue weighted by Crippen LogP contribution is 2.44. The van der Waals surface area contributed by atoms with Gasteiger partial charge in [-0.2, -0.15) is 0 Å². The fourth-order valence-corrected chi connectivity index (χ4v) is 4.89. The number of fused-ring (bicyclic) bond motifs is 1. The molecule has 7 heteroatoms. The van der Waals surface area contributed by atoms with E-state index in [0.29, 0.717) is 25.6 Å². The summed E-state index contributed by atoms with van der Waals surface area (Å²) in [5, 5.41) is 9.98. The van der Waals surface area contributed by atoms with E-state index in [2.05, 4.69) is 4.90 Å². The van der Waals surface area contributed by atoms with E-state index < -0.39 is 17.2 Å². The molecule has 1 aromatic carbocycles. The molecule has 2 heterocycles. The second kappa shape index (κ2) is 6.50. The summed E-state index contributed by atoms with van der Waals surface area (Å²) in [5.74, 6) is -1.05. The van der Waals surface area contributed by atoms with Crippen molar-refractivity contribution >= 4 is 23.5 Å². The number of rotatable bonds is 4. The average Bonchev–Trinajstić information content (AvgIpc) is 3.05. The van der Waals surface area contributed by atoms with Crippen molar-refractivity contribution in [2.45, 2.75) is 19.3 Å². The van der Waals surface area contributed by atoms with E-state index in [1.807, 2.05) is 0 Å². The quantitative estimate of drug-likeness (QED) is 0.872. The first-order valence-electron chi connectivity index (χ1n) is 9.09. The van der Waals surface area contributed by atoms with Crippen LogP contribution in [0.15, 0.2) is 18.2 Å². The van der Waals surface area contributed by atoms with Gasteiger partial charge in [0.05, 0.1) is 10.6 Å². The van der Waals surface area contributed by atoms with E-state index >= 15 is 0 Å². The number of benzene rings is 1. The summed E-state index contributed by atoms with van der Waals surface area (Å²) < 4.78 is 13.2. The van der Waals surface area contributed by atoms with E-state index in [-0.39, 0.29) is 29.0 Å². The first-order chi connectivity index (χ1) is 12.4. The largest absolute Gasteiger partial charge is 0.481 e. The summed E-state index contributed by atoms with van der Waals surface area (Å²) in [6.45, 7) is 2.75. The molecule has 2 aliphatic heterocycles. The van der Waals surface area contributed by atoms with Gasteiger partial charge in [0, 0.05) is 38.6 Å². The lowest BCUT2D eigenvalue weighted by Gasteiger charge is -2.31. The minimum absolute atomic E-state index is 0.0584. The van der Waals surface area contributed by atoms with Crippen molar-refractivity contribution < 1.29 is 19.1 Å². The molecule has 2 atom stereocenters. The van der Waals surface area contributed by atoms with Crippen molar-refractivity contribution in [2.75, 3.05) is 32.7 Å². The Bertz CT molecular complexity index is 754. The van der Waals surface area contributed by atoms with Gasteiger partial charge < -0.3 is 14.9 Å². The van der Waals surface area contributed by atoms with E-state index in [4.69, 9.17) is 11.6 Å². The van der Waals surface area contributed by atoms with E-state index in [0.717, 1.165) is 12.6 Å². The molecule has 1 amide bonds. The molecule has 1 aromatic rings. The molecule has 0 spiro atoms. The van der Waals surface area contributed by atoms with Crippen molar-refractivity contribution in [2.24, 2.45) is 17.3 Å². The van der Waals surface area contributed by atoms with Gasteiger partial charge in [0.25, 0.3) is 5.91 Å². The van der Waals surface area contributed by atoms with Gasteiger partial charge >= 0.3 is 5.97 Å². The maximum Gasteiger partial charge on any atom is 0.313 e. The monoisotopic (exact) mass is 380 g/mol. The van der Waals surface area contributed by atoms with Crippen LogP contribution < -0.4 is 0 Å². The molecule has 26 heavy (non-hydrogen) atoms. The summed E-state index contributed by atoms with van der Waals surface area (Å²) in [4.78, 5) is 28.7. The Kier molecular flexibility index (Phi) is 4.43. The molecule has 3 aliphatic rings. The highest BCUT2D eigenvalue weighted by atomic mass is 35.5. The van der Waals surface area contributed by atoms with Gasteiger partial charge in [-0.25, -0.2) is 4.39 Å². The number of likely N-dealkylation sites (tertiary alicyclic amines) is 2. The Labute approximate surface area is 156 Å². The van der Waals surface area contributed by atoms with Crippen molar-refractivity contribution in [1.82, 2.24) is 9.80 Å². The first-order valence-corrected chi connectivity index (χ1v) is 9.47. The summed E-state index contributed by atoms with van der Waals surface area (Å²) in [7, 11) is 0. The Morgan fingerprint density at radius 3 is 2.62 bits per heavy atom. The molecule has 0 unspecified atom stereocenters. The molecule has 1 aliphatic carbocycles. The van der Waals surface area contributed by atoms with Crippen LogP contribution in [0.5, 0.6) is 0 Å². The zero-order valence-corrected chi connectivity index (χ0v) is 15.2. The minimum Gasteiger partial charge on any atom is -0.481 e. The lowest BCUT2D eigenvalue weighted by atomic mass is 9.81. The maximum atomic E-state index is 13.2. The molecular weight excluding hydrogens is 359 g/mol. The van der Waals surface area contributed by atoms with Gasteiger partial charge in [-0.3, -0.25) is 9.59 Å². The van der Waals surface area contributed by atoms with Gasteiger partial charge in [-0.15, -0.1) is 0 Å². The summed E-state index contributed by atoms with van der Waals surface area (Å²) in [6.07, 6.45) is 3.73. The predicted molar refractivity (Wildman–Crippen MR) is 94.7 cm³/mol. The Hall–Kier alpha value is -1.66. The van der Waals surface area contributed by atoms with Crippen LogP contribution in [-0.4, -0.2) is 59.5 Å². The van der Waals surface area contributed by atoms with Gasteiger partial charge in [0.1, 0.15) is 11.2 Å². The Balaban J connectivity index is 1.50. The van der Waals surface area contributed by atoms with Crippen LogP contribution in [0.3, 0.4) is 0 Å². The first kappa shape index (κ1) is 17.7. The number of hydrogen-bond donors (Lipinski definition) is 1. The lowest BCUT2D eigenvalue weighted by Crippen LogP contribution is -2.43. The molecule has 5 nitrogen and oxygen atoms in total. The number of halogens is 2. The molecule has 140 valence electrons. The number of hydrogen-bond acceptors (Lipinski definition) is 3. The standard InChI is InChI=1S/C19H22ClFN2O3/c20-16-6-14(21)4-5-15(16)17(24)23-9-13-8-22(7-12-2-1-3-12)10-19(13,11-23)18(25)26/h4-6,12-13H,1-3,7-11H2,(H,25,26)/t13-,19-/m1/s1. The fraction of sp³-hybridized carbons (Fsp3) is 0.579. The molecule has 3 fully saturated rings. The number of carbonyl (C=O) groups is 2. The molecule has 1 saturated carbocycles. The number of carboxylic acid groups (broad SMARTS) is 1. The number of aliphatic carboxylic acids is 1.